The third kappa shape index (κ3) is 3.96. The number of ether oxygens (including phenoxy) is 2. The molecule has 1 N–H and O–H groups in total. The van der Waals surface area contributed by atoms with Crippen LogP contribution in [0.1, 0.15) is 24.5 Å². The second-order valence-electron chi connectivity index (χ2n) is 5.00. The molecule has 0 saturated heterocycles. The van der Waals surface area contributed by atoms with Crippen molar-refractivity contribution in [2.75, 3.05) is 20.3 Å². The predicted molar refractivity (Wildman–Crippen MR) is 73.4 cm³/mol. The van der Waals surface area contributed by atoms with Gasteiger partial charge in [0.25, 0.3) is 5.91 Å². The molecule has 1 amide bonds. The zero-order chi connectivity index (χ0) is 13.7. The van der Waals surface area contributed by atoms with Crippen LogP contribution >= 0.6 is 0 Å². The van der Waals surface area contributed by atoms with Gasteiger partial charge in [-0.05, 0) is 49.4 Å². The zero-order valence-corrected chi connectivity index (χ0v) is 11.6. The van der Waals surface area contributed by atoms with E-state index in [0.717, 1.165) is 18.6 Å². The van der Waals surface area contributed by atoms with Crippen molar-refractivity contribution in [1.82, 2.24) is 5.32 Å². The van der Waals surface area contributed by atoms with Crippen LogP contribution in [0.2, 0.25) is 0 Å². The zero-order valence-electron chi connectivity index (χ0n) is 11.6. The summed E-state index contributed by atoms with van der Waals surface area (Å²) in [5.41, 5.74) is 2.76. The lowest BCUT2D eigenvalue weighted by Gasteiger charge is -2.13. The first kappa shape index (κ1) is 13.9. The average molecular weight is 263 g/mol. The molecule has 1 aliphatic rings. The summed E-state index contributed by atoms with van der Waals surface area (Å²) in [6.45, 7) is 2.45. The highest BCUT2D eigenvalue weighted by Crippen LogP contribution is 2.25. The second kappa shape index (κ2) is 6.57. The van der Waals surface area contributed by atoms with E-state index >= 15 is 0 Å². The first-order chi connectivity index (χ1) is 9.19. The van der Waals surface area contributed by atoms with Gasteiger partial charge in [0.1, 0.15) is 5.75 Å². The Kier molecular flexibility index (Phi) is 4.80. The molecule has 4 nitrogen and oxygen atoms in total. The van der Waals surface area contributed by atoms with E-state index < -0.39 is 0 Å². The molecule has 0 spiro atoms. The van der Waals surface area contributed by atoms with E-state index in [4.69, 9.17) is 9.47 Å². The fourth-order valence-corrected chi connectivity index (χ4v) is 2.40. The van der Waals surface area contributed by atoms with Crippen molar-refractivity contribution in [2.45, 2.75) is 32.2 Å². The molecule has 1 aromatic rings. The van der Waals surface area contributed by atoms with E-state index in [1.807, 2.05) is 19.1 Å². The molecule has 104 valence electrons. The van der Waals surface area contributed by atoms with Gasteiger partial charge in [0.2, 0.25) is 0 Å². The highest BCUT2D eigenvalue weighted by molar-refractivity contribution is 5.77. The van der Waals surface area contributed by atoms with Crippen LogP contribution in [0, 0.1) is 0 Å². The molecule has 1 unspecified atom stereocenters. The number of methoxy groups -OCH3 is 1. The number of nitrogens with one attached hydrogen (secondary N) is 1. The van der Waals surface area contributed by atoms with Gasteiger partial charge in [-0.1, -0.05) is 6.07 Å². The summed E-state index contributed by atoms with van der Waals surface area (Å²) in [7, 11) is 1.61. The number of hydrogen-bond donors (Lipinski definition) is 1. The maximum Gasteiger partial charge on any atom is 0.258 e. The van der Waals surface area contributed by atoms with Crippen molar-refractivity contribution in [3.63, 3.8) is 0 Å². The van der Waals surface area contributed by atoms with Crippen LogP contribution < -0.4 is 10.1 Å². The van der Waals surface area contributed by atoms with Crippen molar-refractivity contribution in [3.05, 3.63) is 29.3 Å². The van der Waals surface area contributed by atoms with Gasteiger partial charge in [0.15, 0.2) is 6.61 Å². The third-order valence-electron chi connectivity index (χ3n) is 3.26. The Balaban J connectivity index is 1.80. The van der Waals surface area contributed by atoms with E-state index in [1.54, 1.807) is 7.11 Å². The number of aryl methyl sites for hydroxylation is 2. The van der Waals surface area contributed by atoms with Crippen molar-refractivity contribution in [2.24, 2.45) is 0 Å². The first-order valence-electron chi connectivity index (χ1n) is 6.72. The van der Waals surface area contributed by atoms with Gasteiger partial charge in [-0.2, -0.15) is 0 Å². The number of carbonyl (C=O) groups is 1. The summed E-state index contributed by atoms with van der Waals surface area (Å²) < 4.78 is 10.5. The van der Waals surface area contributed by atoms with Crippen LogP contribution in [-0.2, 0) is 22.4 Å². The van der Waals surface area contributed by atoms with Crippen molar-refractivity contribution < 1.29 is 14.3 Å². The number of benzene rings is 1. The summed E-state index contributed by atoms with van der Waals surface area (Å²) in [5.74, 6) is 0.653. The van der Waals surface area contributed by atoms with Crippen LogP contribution in [0.25, 0.3) is 0 Å². The topological polar surface area (TPSA) is 47.6 Å². The van der Waals surface area contributed by atoms with E-state index in [9.17, 15) is 4.79 Å². The lowest BCUT2D eigenvalue weighted by molar-refractivity contribution is -0.124. The highest BCUT2D eigenvalue weighted by Gasteiger charge is 2.12. The number of rotatable bonds is 6. The fourth-order valence-electron chi connectivity index (χ4n) is 2.40. The Morgan fingerprint density at radius 3 is 2.95 bits per heavy atom. The molecule has 1 atom stereocenters. The maximum atomic E-state index is 11.6. The lowest BCUT2D eigenvalue weighted by atomic mass is 10.1. The van der Waals surface area contributed by atoms with Gasteiger partial charge >= 0.3 is 0 Å². The Morgan fingerprint density at radius 1 is 1.37 bits per heavy atom. The van der Waals surface area contributed by atoms with E-state index in [2.05, 4.69) is 11.4 Å². The SMILES string of the molecule is COCC(C)NC(=O)COc1ccc2c(c1)CCC2. The largest absolute Gasteiger partial charge is 0.484 e. The standard InChI is InChI=1S/C15H21NO3/c1-11(9-18-2)16-15(17)10-19-14-7-6-12-4-3-5-13(12)8-14/h6-8,11H,3-5,9-10H2,1-2H3,(H,16,17). The second-order valence-corrected chi connectivity index (χ2v) is 5.00. The molecule has 19 heavy (non-hydrogen) atoms. The molecule has 0 aliphatic heterocycles. The number of fused-ring (bicyclic) bond motifs is 1. The monoisotopic (exact) mass is 263 g/mol. The predicted octanol–water partition coefficient (Wildman–Crippen LogP) is 1.71. The molecule has 0 heterocycles. The number of amides is 1. The third-order valence-corrected chi connectivity index (χ3v) is 3.26. The Bertz CT molecular complexity index is 445. The molecule has 0 aromatic heterocycles. The Labute approximate surface area is 114 Å². The van der Waals surface area contributed by atoms with Crippen molar-refractivity contribution in [3.8, 4) is 5.75 Å². The molecule has 1 aliphatic carbocycles. The van der Waals surface area contributed by atoms with Gasteiger partial charge in [-0.15, -0.1) is 0 Å². The molecule has 0 radical (unpaired) electrons. The smallest absolute Gasteiger partial charge is 0.258 e. The number of carbonyl (C=O) groups excluding carboxylic acids is 1. The summed E-state index contributed by atoms with van der Waals surface area (Å²) in [6.07, 6.45) is 3.49. The first-order valence-corrected chi connectivity index (χ1v) is 6.72. The van der Waals surface area contributed by atoms with Crippen molar-refractivity contribution in [1.29, 1.82) is 0 Å². The molecule has 4 heteroatoms. The normalized spacial score (nSPS) is 14.8. The summed E-state index contributed by atoms with van der Waals surface area (Å²) in [4.78, 5) is 11.6. The van der Waals surface area contributed by atoms with E-state index in [0.29, 0.717) is 6.61 Å². The molecular formula is C15H21NO3. The molecule has 0 bridgehead atoms. The van der Waals surface area contributed by atoms with Gasteiger partial charge in [-0.25, -0.2) is 0 Å². The summed E-state index contributed by atoms with van der Waals surface area (Å²) in [6, 6.07) is 6.09. The molecule has 2 rings (SSSR count). The molecular weight excluding hydrogens is 242 g/mol. The van der Waals surface area contributed by atoms with Gasteiger partial charge in [0, 0.05) is 13.2 Å². The lowest BCUT2D eigenvalue weighted by Crippen LogP contribution is -2.38. The quantitative estimate of drug-likeness (QED) is 0.850. The molecule has 0 fully saturated rings. The van der Waals surface area contributed by atoms with Crippen LogP contribution in [0.5, 0.6) is 5.75 Å². The minimum atomic E-state index is -0.120. The van der Waals surface area contributed by atoms with E-state index in [1.165, 1.54) is 17.5 Å². The van der Waals surface area contributed by atoms with Crippen LogP contribution in [0.15, 0.2) is 18.2 Å². The van der Waals surface area contributed by atoms with Crippen molar-refractivity contribution >= 4 is 5.91 Å². The maximum absolute atomic E-state index is 11.6. The van der Waals surface area contributed by atoms with Gasteiger partial charge in [-0.3, -0.25) is 4.79 Å². The average Bonchev–Trinajstić information content (AvgIpc) is 2.83. The van der Waals surface area contributed by atoms with Gasteiger partial charge in [0.05, 0.1) is 6.61 Å². The highest BCUT2D eigenvalue weighted by atomic mass is 16.5. The number of hydrogen-bond acceptors (Lipinski definition) is 3. The summed E-state index contributed by atoms with van der Waals surface area (Å²) >= 11 is 0. The fraction of sp³-hybridized carbons (Fsp3) is 0.533. The Morgan fingerprint density at radius 2 is 2.16 bits per heavy atom. The summed E-state index contributed by atoms with van der Waals surface area (Å²) in [5, 5.41) is 2.81. The van der Waals surface area contributed by atoms with Gasteiger partial charge < -0.3 is 14.8 Å². The molecule has 1 aromatic carbocycles. The van der Waals surface area contributed by atoms with Crippen LogP contribution in [0.3, 0.4) is 0 Å². The molecule has 0 saturated carbocycles. The Hall–Kier alpha value is -1.55. The van der Waals surface area contributed by atoms with E-state index in [-0.39, 0.29) is 18.6 Å². The minimum Gasteiger partial charge on any atom is -0.484 e. The van der Waals surface area contributed by atoms with Crippen LogP contribution in [0.4, 0.5) is 0 Å². The van der Waals surface area contributed by atoms with Crippen LogP contribution in [-0.4, -0.2) is 32.3 Å². The minimum absolute atomic E-state index is 0.00104.